The number of amides is 2. The average Bonchev–Trinajstić information content (AvgIpc) is 3.26. The minimum atomic E-state index is -4.40. The van der Waals surface area contributed by atoms with Crippen molar-refractivity contribution >= 4 is 17.4 Å². The number of aromatic amines is 1. The molecule has 0 saturated carbocycles. The van der Waals surface area contributed by atoms with E-state index in [9.17, 15) is 18.0 Å². The standard InChI is InChI=1S/C15H18F3N5OS/c1-9(11-6-19-20-7-11)21-14(24)23-4-2-10(3-5-23)13-22-12(8-25-13)15(16,17)18/h6-10H,2-5H2,1H3,(H,19,20)(H,21,24). The van der Waals surface area contributed by atoms with Gasteiger partial charge in [0.05, 0.1) is 17.2 Å². The van der Waals surface area contributed by atoms with Crippen molar-refractivity contribution in [3.8, 4) is 0 Å². The Kier molecular flexibility index (Phi) is 4.98. The van der Waals surface area contributed by atoms with E-state index in [1.54, 1.807) is 17.3 Å². The van der Waals surface area contributed by atoms with Crippen molar-refractivity contribution in [2.24, 2.45) is 0 Å². The van der Waals surface area contributed by atoms with Crippen molar-refractivity contribution in [3.63, 3.8) is 0 Å². The molecule has 1 aliphatic rings. The SMILES string of the molecule is CC(NC(=O)N1CCC(c2nc(C(F)(F)F)cs2)CC1)c1cn[nH]c1. The van der Waals surface area contributed by atoms with Crippen molar-refractivity contribution < 1.29 is 18.0 Å². The number of nitrogens with one attached hydrogen (secondary N) is 2. The number of likely N-dealkylation sites (tertiary alicyclic amines) is 1. The molecule has 3 heterocycles. The van der Waals surface area contributed by atoms with Crippen molar-refractivity contribution in [1.29, 1.82) is 0 Å². The summed E-state index contributed by atoms with van der Waals surface area (Å²) >= 11 is 1.04. The van der Waals surface area contributed by atoms with Crippen LogP contribution < -0.4 is 5.32 Å². The summed E-state index contributed by atoms with van der Waals surface area (Å²) in [4.78, 5) is 17.7. The third-order valence-corrected chi connectivity index (χ3v) is 5.31. The van der Waals surface area contributed by atoms with Gasteiger partial charge in [0.1, 0.15) is 0 Å². The normalized spacial score (nSPS) is 17.5. The number of aromatic nitrogens is 3. The van der Waals surface area contributed by atoms with Gasteiger partial charge < -0.3 is 10.2 Å². The van der Waals surface area contributed by atoms with Gasteiger partial charge in [-0.3, -0.25) is 5.10 Å². The number of halogens is 3. The van der Waals surface area contributed by atoms with Crippen LogP contribution in [-0.2, 0) is 6.18 Å². The molecule has 0 radical (unpaired) electrons. The van der Waals surface area contributed by atoms with Crippen LogP contribution in [0.25, 0.3) is 0 Å². The van der Waals surface area contributed by atoms with Gasteiger partial charge in [-0.1, -0.05) is 0 Å². The molecular weight excluding hydrogens is 355 g/mol. The third-order valence-electron chi connectivity index (χ3n) is 4.30. The molecule has 1 unspecified atom stereocenters. The topological polar surface area (TPSA) is 73.9 Å². The molecule has 6 nitrogen and oxygen atoms in total. The molecule has 0 spiro atoms. The molecule has 2 amide bonds. The number of hydrogen-bond donors (Lipinski definition) is 2. The van der Waals surface area contributed by atoms with Crippen molar-refractivity contribution in [3.05, 3.63) is 34.0 Å². The van der Waals surface area contributed by atoms with Crippen LogP contribution in [0.15, 0.2) is 17.8 Å². The summed E-state index contributed by atoms with van der Waals surface area (Å²) in [7, 11) is 0. The Morgan fingerprint density at radius 2 is 2.16 bits per heavy atom. The number of nitrogens with zero attached hydrogens (tertiary/aromatic N) is 3. The number of piperidine rings is 1. The van der Waals surface area contributed by atoms with Crippen LogP contribution >= 0.6 is 11.3 Å². The van der Waals surface area contributed by atoms with E-state index in [4.69, 9.17) is 0 Å². The summed E-state index contributed by atoms with van der Waals surface area (Å²) in [6, 6.07) is -0.348. The average molecular weight is 373 g/mol. The van der Waals surface area contributed by atoms with Gasteiger partial charge >= 0.3 is 12.2 Å². The van der Waals surface area contributed by atoms with Gasteiger partial charge in [0.25, 0.3) is 0 Å². The summed E-state index contributed by atoms with van der Waals surface area (Å²) in [5.41, 5.74) is 0.0484. The number of hydrogen-bond acceptors (Lipinski definition) is 4. The summed E-state index contributed by atoms with van der Waals surface area (Å²) < 4.78 is 38.0. The number of carbonyl (C=O) groups excluding carboxylic acids is 1. The number of rotatable bonds is 3. The highest BCUT2D eigenvalue weighted by Gasteiger charge is 2.35. The predicted octanol–water partition coefficient (Wildman–Crippen LogP) is 3.54. The Bertz CT molecular complexity index is 707. The van der Waals surface area contributed by atoms with Gasteiger partial charge in [-0.2, -0.15) is 18.3 Å². The molecule has 3 rings (SSSR count). The first-order chi connectivity index (χ1) is 11.8. The second-order valence-electron chi connectivity index (χ2n) is 6.03. The number of thiazole rings is 1. The van der Waals surface area contributed by atoms with Crippen LogP contribution in [0.4, 0.5) is 18.0 Å². The van der Waals surface area contributed by atoms with Crippen LogP contribution in [0.5, 0.6) is 0 Å². The van der Waals surface area contributed by atoms with Gasteiger partial charge in [0.15, 0.2) is 5.69 Å². The third kappa shape index (κ3) is 4.12. The number of carbonyl (C=O) groups is 1. The number of urea groups is 1. The number of alkyl halides is 3. The van der Waals surface area contributed by atoms with E-state index in [2.05, 4.69) is 20.5 Å². The van der Waals surface area contributed by atoms with E-state index in [-0.39, 0.29) is 18.0 Å². The van der Waals surface area contributed by atoms with Crippen LogP contribution in [0.1, 0.15) is 48.0 Å². The zero-order valence-corrected chi connectivity index (χ0v) is 14.3. The Morgan fingerprint density at radius 3 is 2.72 bits per heavy atom. The highest BCUT2D eigenvalue weighted by molar-refractivity contribution is 7.09. The summed E-state index contributed by atoms with van der Waals surface area (Å²) in [6.07, 6.45) is 0.185. The predicted molar refractivity (Wildman–Crippen MR) is 86.2 cm³/mol. The highest BCUT2D eigenvalue weighted by atomic mass is 32.1. The molecule has 0 aliphatic carbocycles. The van der Waals surface area contributed by atoms with Crippen LogP contribution in [-0.4, -0.2) is 39.2 Å². The van der Waals surface area contributed by atoms with E-state index in [1.165, 1.54) is 0 Å². The first-order valence-corrected chi connectivity index (χ1v) is 8.79. The van der Waals surface area contributed by atoms with E-state index < -0.39 is 11.9 Å². The minimum Gasteiger partial charge on any atom is -0.331 e. The lowest BCUT2D eigenvalue weighted by Gasteiger charge is -2.32. The van der Waals surface area contributed by atoms with E-state index in [1.807, 2.05) is 6.92 Å². The molecule has 2 N–H and O–H groups in total. The maximum Gasteiger partial charge on any atom is 0.434 e. The first kappa shape index (κ1) is 17.7. The monoisotopic (exact) mass is 373 g/mol. The lowest BCUT2D eigenvalue weighted by atomic mass is 9.98. The molecular formula is C15H18F3N5OS. The Morgan fingerprint density at radius 1 is 1.44 bits per heavy atom. The van der Waals surface area contributed by atoms with Gasteiger partial charge in [0.2, 0.25) is 0 Å². The van der Waals surface area contributed by atoms with Gasteiger partial charge in [0, 0.05) is 36.1 Å². The van der Waals surface area contributed by atoms with E-state index in [0.29, 0.717) is 30.9 Å². The van der Waals surface area contributed by atoms with E-state index >= 15 is 0 Å². The second-order valence-corrected chi connectivity index (χ2v) is 6.92. The van der Waals surface area contributed by atoms with Crippen LogP contribution in [0, 0.1) is 0 Å². The minimum absolute atomic E-state index is 0.0311. The molecule has 1 atom stereocenters. The largest absolute Gasteiger partial charge is 0.434 e. The van der Waals surface area contributed by atoms with Crippen molar-refractivity contribution in [1.82, 2.24) is 25.4 Å². The molecule has 0 bridgehead atoms. The van der Waals surface area contributed by atoms with Crippen molar-refractivity contribution in [2.45, 2.75) is 37.9 Å². The fourth-order valence-electron chi connectivity index (χ4n) is 2.79. The quantitative estimate of drug-likeness (QED) is 0.864. The number of H-pyrrole nitrogens is 1. The van der Waals surface area contributed by atoms with Crippen LogP contribution in [0.2, 0.25) is 0 Å². The smallest absolute Gasteiger partial charge is 0.331 e. The summed E-state index contributed by atoms with van der Waals surface area (Å²) in [6.45, 7) is 2.86. The molecule has 1 fully saturated rings. The maximum absolute atomic E-state index is 12.7. The molecule has 1 saturated heterocycles. The second kappa shape index (κ2) is 7.03. The van der Waals surface area contributed by atoms with Gasteiger partial charge in [-0.25, -0.2) is 9.78 Å². The van der Waals surface area contributed by atoms with Crippen LogP contribution in [0.3, 0.4) is 0 Å². The first-order valence-electron chi connectivity index (χ1n) is 7.91. The molecule has 136 valence electrons. The maximum atomic E-state index is 12.7. The Labute approximate surface area is 146 Å². The zero-order chi connectivity index (χ0) is 18.0. The van der Waals surface area contributed by atoms with Crippen molar-refractivity contribution in [2.75, 3.05) is 13.1 Å². The summed E-state index contributed by atoms with van der Waals surface area (Å²) in [5, 5.41) is 11.0. The fourth-order valence-corrected chi connectivity index (χ4v) is 3.79. The Hall–Kier alpha value is -2.10. The van der Waals surface area contributed by atoms with E-state index in [0.717, 1.165) is 22.3 Å². The fraction of sp³-hybridized carbons (Fsp3) is 0.533. The molecule has 0 aromatic carbocycles. The molecule has 1 aliphatic heterocycles. The van der Waals surface area contributed by atoms with Gasteiger partial charge in [-0.05, 0) is 19.8 Å². The lowest BCUT2D eigenvalue weighted by Crippen LogP contribution is -2.44. The summed E-state index contributed by atoms with van der Waals surface area (Å²) in [5.74, 6) is -0.0311. The molecule has 10 heteroatoms. The molecule has 25 heavy (non-hydrogen) atoms. The highest BCUT2D eigenvalue weighted by Crippen LogP contribution is 2.35. The van der Waals surface area contributed by atoms with Gasteiger partial charge in [-0.15, -0.1) is 11.3 Å². The Balaban J connectivity index is 1.53. The molecule has 2 aromatic rings. The zero-order valence-electron chi connectivity index (χ0n) is 13.5. The lowest BCUT2D eigenvalue weighted by molar-refractivity contribution is -0.140. The molecule has 2 aromatic heterocycles.